The van der Waals surface area contributed by atoms with Gasteiger partial charge in [-0.2, -0.15) is 0 Å². The van der Waals surface area contributed by atoms with Gasteiger partial charge in [0.1, 0.15) is 0 Å². The lowest BCUT2D eigenvalue weighted by molar-refractivity contribution is -0.894. The van der Waals surface area contributed by atoms with E-state index in [1.54, 1.807) is 0 Å². The second-order valence-corrected chi connectivity index (χ2v) is 7.22. The molecule has 0 aromatic heterocycles. The van der Waals surface area contributed by atoms with E-state index >= 15 is 0 Å². The van der Waals surface area contributed by atoms with E-state index in [4.69, 9.17) is 4.74 Å². The molecule has 2 aromatic rings. The van der Waals surface area contributed by atoms with Crippen LogP contribution in [0.25, 0.3) is 0 Å². The Labute approximate surface area is 166 Å². The second kappa shape index (κ2) is 9.48. The minimum absolute atomic E-state index is 0.0462. The number of carbonyl (C=O) groups excluding carboxylic acids is 2. The number of nitrogens with zero attached hydrogens (tertiary/aromatic N) is 1. The van der Waals surface area contributed by atoms with Gasteiger partial charge in [-0.3, -0.25) is 9.59 Å². The number of benzene rings is 2. The van der Waals surface area contributed by atoms with Crippen LogP contribution in [0.4, 0.5) is 5.69 Å². The average Bonchev–Trinajstić information content (AvgIpc) is 2.71. The molecule has 1 aliphatic rings. The van der Waals surface area contributed by atoms with Crippen molar-refractivity contribution in [2.24, 2.45) is 0 Å². The highest BCUT2D eigenvalue weighted by Gasteiger charge is 2.32. The van der Waals surface area contributed by atoms with E-state index < -0.39 is 6.04 Å². The summed E-state index contributed by atoms with van der Waals surface area (Å²) >= 11 is 0. The number of ether oxygens (including phenoxy) is 1. The van der Waals surface area contributed by atoms with Gasteiger partial charge in [0.15, 0.2) is 12.6 Å². The van der Waals surface area contributed by atoms with Crippen LogP contribution in [0.15, 0.2) is 54.6 Å². The van der Waals surface area contributed by atoms with Crippen molar-refractivity contribution in [1.82, 2.24) is 4.90 Å². The molecule has 1 aliphatic heterocycles. The molecule has 6 nitrogen and oxygen atoms in total. The first-order valence-corrected chi connectivity index (χ1v) is 9.65. The quantitative estimate of drug-likeness (QED) is 0.785. The fraction of sp³-hybridized carbons (Fsp3) is 0.364. The van der Waals surface area contributed by atoms with Crippen molar-refractivity contribution in [3.05, 3.63) is 65.7 Å². The van der Waals surface area contributed by atoms with Crippen LogP contribution in [0.1, 0.15) is 17.2 Å². The number of likely N-dealkylation sites (N-methyl/N-ethyl adjacent to an activating group) is 1. The van der Waals surface area contributed by atoms with Crippen molar-refractivity contribution >= 4 is 17.5 Å². The Morgan fingerprint density at radius 3 is 2.36 bits per heavy atom. The second-order valence-electron chi connectivity index (χ2n) is 7.22. The van der Waals surface area contributed by atoms with Crippen LogP contribution >= 0.6 is 0 Å². The SMILES string of the molecule is Cc1ccc(NC(=O)[C@H](c2ccccc2)[NH+](C)CC(=O)N2CCOCC2)cc1. The zero-order valence-corrected chi connectivity index (χ0v) is 16.5. The summed E-state index contributed by atoms with van der Waals surface area (Å²) in [4.78, 5) is 28.5. The molecule has 2 aromatic carbocycles. The summed E-state index contributed by atoms with van der Waals surface area (Å²) in [6, 6.07) is 16.9. The summed E-state index contributed by atoms with van der Waals surface area (Å²) in [5, 5.41) is 3.00. The monoisotopic (exact) mass is 382 g/mol. The van der Waals surface area contributed by atoms with Crippen molar-refractivity contribution in [2.75, 3.05) is 45.2 Å². The Balaban J connectivity index is 1.75. The molecule has 1 heterocycles. The Kier molecular flexibility index (Phi) is 6.79. The molecule has 0 bridgehead atoms. The molecule has 1 unspecified atom stereocenters. The van der Waals surface area contributed by atoms with E-state index in [2.05, 4.69) is 5.32 Å². The first kappa shape index (κ1) is 20.0. The summed E-state index contributed by atoms with van der Waals surface area (Å²) < 4.78 is 5.32. The molecular formula is C22H28N3O3+. The van der Waals surface area contributed by atoms with Crippen LogP contribution in [0.5, 0.6) is 0 Å². The molecule has 1 fully saturated rings. The zero-order chi connectivity index (χ0) is 19.9. The van der Waals surface area contributed by atoms with Crippen molar-refractivity contribution in [3.63, 3.8) is 0 Å². The Bertz CT molecular complexity index is 786. The Morgan fingerprint density at radius 1 is 1.07 bits per heavy atom. The smallest absolute Gasteiger partial charge is 0.287 e. The number of hydrogen-bond acceptors (Lipinski definition) is 3. The number of nitrogens with one attached hydrogen (secondary N) is 2. The van der Waals surface area contributed by atoms with Crippen molar-refractivity contribution < 1.29 is 19.2 Å². The maximum atomic E-state index is 13.1. The standard InChI is InChI=1S/C22H27N3O3/c1-17-8-10-19(11-9-17)23-22(27)21(18-6-4-3-5-7-18)24(2)16-20(26)25-12-14-28-15-13-25/h3-11,21H,12-16H2,1-2H3,(H,23,27)/p+1/t21-/m0/s1. The lowest BCUT2D eigenvalue weighted by Gasteiger charge is -2.29. The molecule has 0 spiro atoms. The van der Waals surface area contributed by atoms with Crippen LogP contribution in [0.3, 0.4) is 0 Å². The van der Waals surface area contributed by atoms with Crippen LogP contribution in [0, 0.1) is 6.92 Å². The molecule has 0 saturated carbocycles. The van der Waals surface area contributed by atoms with Crippen LogP contribution in [0.2, 0.25) is 0 Å². The van der Waals surface area contributed by atoms with E-state index in [-0.39, 0.29) is 18.4 Å². The normalized spacial score (nSPS) is 16.3. The maximum Gasteiger partial charge on any atom is 0.287 e. The van der Waals surface area contributed by atoms with Crippen LogP contribution in [-0.2, 0) is 14.3 Å². The number of morpholine rings is 1. The van der Waals surface area contributed by atoms with Gasteiger partial charge in [-0.25, -0.2) is 0 Å². The number of quaternary nitrogens is 1. The van der Waals surface area contributed by atoms with Gasteiger partial charge >= 0.3 is 0 Å². The summed E-state index contributed by atoms with van der Waals surface area (Å²) in [6.45, 7) is 4.62. The molecule has 3 rings (SSSR count). The van der Waals surface area contributed by atoms with E-state index in [1.807, 2.05) is 73.5 Å². The van der Waals surface area contributed by atoms with E-state index in [9.17, 15) is 9.59 Å². The summed E-state index contributed by atoms with van der Waals surface area (Å²) in [5.41, 5.74) is 2.78. The predicted molar refractivity (Wildman–Crippen MR) is 108 cm³/mol. The first-order valence-electron chi connectivity index (χ1n) is 9.65. The lowest BCUT2D eigenvalue weighted by atomic mass is 10.0. The molecular weight excluding hydrogens is 354 g/mol. The molecule has 148 valence electrons. The minimum Gasteiger partial charge on any atom is -0.378 e. The third kappa shape index (κ3) is 5.18. The van der Waals surface area contributed by atoms with E-state index in [0.29, 0.717) is 26.3 Å². The highest BCUT2D eigenvalue weighted by atomic mass is 16.5. The van der Waals surface area contributed by atoms with Crippen molar-refractivity contribution in [1.29, 1.82) is 0 Å². The summed E-state index contributed by atoms with van der Waals surface area (Å²) in [7, 11) is 1.89. The van der Waals surface area contributed by atoms with E-state index in [0.717, 1.165) is 21.7 Å². The third-order valence-electron chi connectivity index (χ3n) is 5.00. The molecule has 0 aliphatic carbocycles. The summed E-state index contributed by atoms with van der Waals surface area (Å²) in [5.74, 6) is -0.0767. The zero-order valence-electron chi connectivity index (χ0n) is 16.5. The highest BCUT2D eigenvalue weighted by Crippen LogP contribution is 2.14. The number of hydrogen-bond donors (Lipinski definition) is 2. The number of rotatable bonds is 6. The molecule has 28 heavy (non-hydrogen) atoms. The first-order chi connectivity index (χ1) is 13.5. The van der Waals surface area contributed by atoms with Gasteiger partial charge in [0, 0.05) is 24.3 Å². The summed E-state index contributed by atoms with van der Waals surface area (Å²) in [6.07, 6.45) is 0. The van der Waals surface area contributed by atoms with E-state index in [1.165, 1.54) is 0 Å². The maximum absolute atomic E-state index is 13.1. The number of amides is 2. The molecule has 2 amide bonds. The van der Waals surface area contributed by atoms with Gasteiger partial charge in [-0.05, 0) is 19.1 Å². The number of aryl methyl sites for hydroxylation is 1. The Morgan fingerprint density at radius 2 is 1.71 bits per heavy atom. The van der Waals surface area contributed by atoms with Gasteiger partial charge in [-0.15, -0.1) is 0 Å². The van der Waals surface area contributed by atoms with Gasteiger partial charge in [0.2, 0.25) is 0 Å². The fourth-order valence-electron chi connectivity index (χ4n) is 3.42. The van der Waals surface area contributed by atoms with Gasteiger partial charge < -0.3 is 19.9 Å². The lowest BCUT2D eigenvalue weighted by Crippen LogP contribution is -3.11. The minimum atomic E-state index is -0.479. The highest BCUT2D eigenvalue weighted by molar-refractivity contribution is 5.94. The molecule has 1 saturated heterocycles. The van der Waals surface area contributed by atoms with Gasteiger partial charge in [0.25, 0.3) is 11.8 Å². The molecule has 2 N–H and O–H groups in total. The predicted octanol–water partition coefficient (Wildman–Crippen LogP) is 1.05. The fourth-order valence-corrected chi connectivity index (χ4v) is 3.42. The van der Waals surface area contributed by atoms with Crippen LogP contribution in [-0.4, -0.2) is 56.6 Å². The number of carbonyl (C=O) groups is 2. The topological polar surface area (TPSA) is 63.1 Å². The molecule has 6 heteroatoms. The van der Waals surface area contributed by atoms with Gasteiger partial charge in [-0.1, -0.05) is 48.0 Å². The van der Waals surface area contributed by atoms with Crippen LogP contribution < -0.4 is 10.2 Å². The Hall–Kier alpha value is -2.70. The van der Waals surface area contributed by atoms with Crippen molar-refractivity contribution in [2.45, 2.75) is 13.0 Å². The molecule has 0 radical (unpaired) electrons. The number of anilines is 1. The largest absolute Gasteiger partial charge is 0.378 e. The molecule has 2 atom stereocenters. The van der Waals surface area contributed by atoms with Crippen molar-refractivity contribution in [3.8, 4) is 0 Å². The third-order valence-corrected chi connectivity index (χ3v) is 5.00. The average molecular weight is 382 g/mol. The van der Waals surface area contributed by atoms with Gasteiger partial charge in [0.05, 0.1) is 20.3 Å².